The normalized spacial score (nSPS) is 17.9. The van der Waals surface area contributed by atoms with Crippen molar-refractivity contribution in [2.75, 3.05) is 6.61 Å². The van der Waals surface area contributed by atoms with E-state index in [2.05, 4.69) is 15.5 Å². The van der Waals surface area contributed by atoms with Crippen molar-refractivity contribution in [2.45, 2.75) is 32.1 Å². The maximum atomic E-state index is 11.8. The summed E-state index contributed by atoms with van der Waals surface area (Å²) in [5, 5.41) is 17.4. The van der Waals surface area contributed by atoms with Gasteiger partial charge in [0.1, 0.15) is 6.10 Å². The van der Waals surface area contributed by atoms with E-state index in [0.29, 0.717) is 18.3 Å². The van der Waals surface area contributed by atoms with Crippen LogP contribution >= 0.6 is 11.3 Å². The molecule has 7 nitrogen and oxygen atoms in total. The number of thiophene rings is 1. The molecule has 1 fully saturated rings. The quantitative estimate of drug-likeness (QED) is 0.781. The minimum atomic E-state index is -0.243. The minimum absolute atomic E-state index is 0.00140. The third-order valence-electron chi connectivity index (χ3n) is 3.37. The van der Waals surface area contributed by atoms with E-state index in [4.69, 9.17) is 14.4 Å². The number of hydrogen-bond acceptors (Lipinski definition) is 7. The molecule has 1 aliphatic heterocycles. The summed E-state index contributed by atoms with van der Waals surface area (Å²) in [6.45, 7) is 0.914. The molecule has 122 valence electrons. The van der Waals surface area contributed by atoms with Gasteiger partial charge in [0.15, 0.2) is 5.82 Å². The Morgan fingerprint density at radius 1 is 1.57 bits per heavy atom. The highest BCUT2D eigenvalue weighted by atomic mass is 32.1. The zero-order chi connectivity index (χ0) is 16.1. The van der Waals surface area contributed by atoms with Gasteiger partial charge in [-0.15, -0.1) is 11.3 Å². The number of nitrogens with one attached hydrogen (secondary N) is 1. The Balaban J connectivity index is 1.48. The first-order valence-electron chi connectivity index (χ1n) is 7.33. The number of nitrogens with zero attached hydrogens (tertiary/aromatic N) is 2. The first kappa shape index (κ1) is 15.9. The number of aliphatic hydroxyl groups excluding tert-OH is 1. The summed E-state index contributed by atoms with van der Waals surface area (Å²) < 4.78 is 10.6. The highest BCUT2D eigenvalue weighted by Crippen LogP contribution is 2.26. The van der Waals surface area contributed by atoms with Crippen molar-refractivity contribution >= 4 is 23.3 Å². The van der Waals surface area contributed by atoms with Crippen LogP contribution in [0, 0.1) is 0 Å². The van der Waals surface area contributed by atoms with Crippen LogP contribution in [0.25, 0.3) is 6.08 Å². The average Bonchev–Trinajstić information content (AvgIpc) is 3.31. The number of carbonyl (C=O) groups is 1. The molecular formula is C15H17N3O4S. The summed E-state index contributed by atoms with van der Waals surface area (Å²) in [4.78, 5) is 16.9. The van der Waals surface area contributed by atoms with Crippen molar-refractivity contribution in [3.8, 4) is 0 Å². The van der Waals surface area contributed by atoms with Gasteiger partial charge in [0.25, 0.3) is 5.89 Å². The molecule has 23 heavy (non-hydrogen) atoms. The second-order valence-corrected chi connectivity index (χ2v) is 6.06. The predicted octanol–water partition coefficient (Wildman–Crippen LogP) is 1.80. The molecule has 2 N–H and O–H groups in total. The SMILES string of the molecule is O=C(C=Cc1cc(CO)cs1)NCc1noc(C2CCCO2)n1. The number of rotatable bonds is 6. The minimum Gasteiger partial charge on any atom is -0.392 e. The zero-order valence-corrected chi connectivity index (χ0v) is 13.2. The van der Waals surface area contributed by atoms with Crippen molar-refractivity contribution in [1.29, 1.82) is 0 Å². The van der Waals surface area contributed by atoms with Gasteiger partial charge in [-0.1, -0.05) is 5.16 Å². The van der Waals surface area contributed by atoms with Gasteiger partial charge in [0.05, 0.1) is 13.2 Å². The van der Waals surface area contributed by atoms with Crippen molar-refractivity contribution in [2.24, 2.45) is 0 Å². The molecule has 1 aliphatic rings. The van der Waals surface area contributed by atoms with Crippen LogP contribution in [0.5, 0.6) is 0 Å². The third kappa shape index (κ3) is 4.25. The van der Waals surface area contributed by atoms with E-state index in [-0.39, 0.29) is 25.2 Å². The Morgan fingerprint density at radius 3 is 3.22 bits per heavy atom. The first-order chi connectivity index (χ1) is 11.2. The summed E-state index contributed by atoms with van der Waals surface area (Å²) in [7, 11) is 0. The molecule has 0 aromatic carbocycles. The lowest BCUT2D eigenvalue weighted by molar-refractivity contribution is -0.116. The smallest absolute Gasteiger partial charge is 0.255 e. The summed E-state index contributed by atoms with van der Waals surface area (Å²) in [6.07, 6.45) is 4.89. The largest absolute Gasteiger partial charge is 0.392 e. The molecule has 8 heteroatoms. The molecule has 0 saturated carbocycles. The molecule has 1 unspecified atom stereocenters. The van der Waals surface area contributed by atoms with Crippen LogP contribution in [-0.4, -0.2) is 27.8 Å². The van der Waals surface area contributed by atoms with Crippen LogP contribution in [0.1, 0.15) is 41.1 Å². The number of hydrogen-bond donors (Lipinski definition) is 2. The topological polar surface area (TPSA) is 97.5 Å². The predicted molar refractivity (Wildman–Crippen MR) is 83.3 cm³/mol. The van der Waals surface area contributed by atoms with E-state index >= 15 is 0 Å². The van der Waals surface area contributed by atoms with E-state index in [9.17, 15) is 4.79 Å². The average molecular weight is 335 g/mol. The highest BCUT2D eigenvalue weighted by Gasteiger charge is 2.23. The van der Waals surface area contributed by atoms with Gasteiger partial charge in [-0.25, -0.2) is 0 Å². The highest BCUT2D eigenvalue weighted by molar-refractivity contribution is 7.11. The Hall–Kier alpha value is -2.03. The Kier molecular flexibility index (Phi) is 5.16. The Bertz CT molecular complexity index is 688. The van der Waals surface area contributed by atoms with E-state index in [0.717, 1.165) is 23.3 Å². The second kappa shape index (κ2) is 7.49. The van der Waals surface area contributed by atoms with Crippen molar-refractivity contribution in [1.82, 2.24) is 15.5 Å². The fraction of sp³-hybridized carbons (Fsp3) is 0.400. The van der Waals surface area contributed by atoms with Crippen LogP contribution in [-0.2, 0) is 22.7 Å². The molecule has 0 bridgehead atoms. The van der Waals surface area contributed by atoms with Gasteiger partial charge in [0, 0.05) is 17.6 Å². The number of ether oxygens (including phenoxy) is 1. The first-order valence-corrected chi connectivity index (χ1v) is 8.21. The molecule has 3 rings (SSSR count). The van der Waals surface area contributed by atoms with Crippen LogP contribution in [0.15, 0.2) is 22.0 Å². The maximum Gasteiger partial charge on any atom is 0.255 e. The lowest BCUT2D eigenvalue weighted by Crippen LogP contribution is -2.20. The molecule has 1 saturated heterocycles. The lowest BCUT2D eigenvalue weighted by atomic mass is 10.2. The number of aliphatic hydroxyl groups is 1. The third-order valence-corrected chi connectivity index (χ3v) is 4.31. The number of carbonyl (C=O) groups excluding carboxylic acids is 1. The van der Waals surface area contributed by atoms with Crippen molar-refractivity contribution in [3.63, 3.8) is 0 Å². The summed E-state index contributed by atoms with van der Waals surface area (Å²) >= 11 is 1.47. The van der Waals surface area contributed by atoms with E-state index in [1.807, 2.05) is 11.4 Å². The molecule has 0 spiro atoms. The van der Waals surface area contributed by atoms with Gasteiger partial charge in [-0.05, 0) is 35.9 Å². The van der Waals surface area contributed by atoms with Gasteiger partial charge >= 0.3 is 0 Å². The number of amides is 1. The molecule has 1 amide bonds. The molecule has 2 aromatic rings. The van der Waals surface area contributed by atoms with Crippen molar-refractivity contribution < 1.29 is 19.2 Å². The summed E-state index contributed by atoms with van der Waals surface area (Å²) in [6, 6.07) is 1.83. The standard InChI is InChI=1S/C15H17N3O4S/c19-8-10-6-11(23-9-10)3-4-14(20)16-7-13-17-15(22-18-13)12-2-1-5-21-12/h3-4,6,9,12,19H,1-2,5,7-8H2,(H,16,20). The molecule has 2 aromatic heterocycles. The van der Waals surface area contributed by atoms with E-state index in [1.54, 1.807) is 6.08 Å². The fourth-order valence-corrected chi connectivity index (χ4v) is 2.99. The molecule has 0 aliphatic carbocycles. The molecule has 3 heterocycles. The van der Waals surface area contributed by atoms with Crippen LogP contribution in [0.2, 0.25) is 0 Å². The summed E-state index contributed by atoms with van der Waals surface area (Å²) in [5.41, 5.74) is 0.837. The zero-order valence-electron chi connectivity index (χ0n) is 12.4. The monoisotopic (exact) mass is 335 g/mol. The van der Waals surface area contributed by atoms with E-state index < -0.39 is 0 Å². The van der Waals surface area contributed by atoms with Gasteiger partial charge in [-0.3, -0.25) is 4.79 Å². The summed E-state index contributed by atoms with van der Waals surface area (Å²) in [5.74, 6) is 0.653. The second-order valence-electron chi connectivity index (χ2n) is 5.12. The van der Waals surface area contributed by atoms with Gasteiger partial charge in [0.2, 0.25) is 5.91 Å². The lowest BCUT2D eigenvalue weighted by Gasteiger charge is -2.00. The molecular weight excluding hydrogens is 318 g/mol. The van der Waals surface area contributed by atoms with Gasteiger partial charge in [-0.2, -0.15) is 4.98 Å². The molecule has 0 radical (unpaired) electrons. The fourth-order valence-electron chi connectivity index (χ4n) is 2.19. The molecule has 1 atom stereocenters. The van der Waals surface area contributed by atoms with Gasteiger partial charge < -0.3 is 19.7 Å². The Morgan fingerprint density at radius 2 is 2.48 bits per heavy atom. The van der Waals surface area contributed by atoms with Crippen LogP contribution in [0.4, 0.5) is 0 Å². The van der Waals surface area contributed by atoms with Crippen LogP contribution < -0.4 is 5.32 Å². The maximum absolute atomic E-state index is 11.8. The van der Waals surface area contributed by atoms with E-state index in [1.165, 1.54) is 17.4 Å². The van der Waals surface area contributed by atoms with Crippen LogP contribution in [0.3, 0.4) is 0 Å². The van der Waals surface area contributed by atoms with Crippen molar-refractivity contribution in [3.05, 3.63) is 39.7 Å². The Labute approximate surface area is 137 Å². The number of aromatic nitrogens is 2.